The number of hydrogen-bond acceptors (Lipinski definition) is 3. The average molecular weight is 300 g/mol. The zero-order valence-corrected chi connectivity index (χ0v) is 12.0. The summed E-state index contributed by atoms with van der Waals surface area (Å²) in [6, 6.07) is 13.3. The number of anilines is 1. The van der Waals surface area contributed by atoms with E-state index in [4.69, 9.17) is 17.3 Å². The number of nitrogens with two attached hydrogens (primary N) is 1. The first-order valence-electron chi connectivity index (χ1n) is 6.61. The van der Waals surface area contributed by atoms with E-state index in [2.05, 4.69) is 10.5 Å². The Morgan fingerprint density at radius 1 is 1.24 bits per heavy atom. The summed E-state index contributed by atoms with van der Waals surface area (Å²) in [7, 11) is 0. The normalized spacial score (nSPS) is 14.0. The molecule has 2 aromatic carbocycles. The molecule has 3 N–H and O–H groups in total. The van der Waals surface area contributed by atoms with Gasteiger partial charge in [0.15, 0.2) is 0 Å². The Hall–Kier alpha value is -2.33. The van der Waals surface area contributed by atoms with Crippen LogP contribution in [0.1, 0.15) is 16.7 Å². The van der Waals surface area contributed by atoms with Crippen LogP contribution in [0.3, 0.4) is 0 Å². The Kier molecular flexibility index (Phi) is 3.62. The van der Waals surface area contributed by atoms with Crippen LogP contribution in [0.5, 0.6) is 0 Å². The first-order valence-corrected chi connectivity index (χ1v) is 6.99. The smallest absolute Gasteiger partial charge is 0.244 e. The average Bonchev–Trinajstić information content (AvgIpc) is 2.62. The highest BCUT2D eigenvalue weighted by Gasteiger charge is 2.17. The number of nitrogen functional groups attached to an aromatic ring is 1. The number of nitrogens with one attached hydrogen (secondary N) is 1. The Balaban J connectivity index is 1.97. The molecule has 5 heteroatoms. The summed E-state index contributed by atoms with van der Waals surface area (Å²) in [5, 5.41) is 4.77. The lowest BCUT2D eigenvalue weighted by Crippen LogP contribution is -2.18. The lowest BCUT2D eigenvalue weighted by atomic mass is 9.96. The summed E-state index contributed by atoms with van der Waals surface area (Å²) in [5.74, 6) is -0.104. The Morgan fingerprint density at radius 2 is 2.05 bits per heavy atom. The van der Waals surface area contributed by atoms with Crippen molar-refractivity contribution in [3.05, 3.63) is 64.2 Å². The Bertz CT molecular complexity index is 740. The van der Waals surface area contributed by atoms with Crippen LogP contribution < -0.4 is 11.2 Å². The van der Waals surface area contributed by atoms with Crippen molar-refractivity contribution in [1.82, 2.24) is 5.43 Å². The third-order valence-electron chi connectivity index (χ3n) is 3.43. The van der Waals surface area contributed by atoms with Gasteiger partial charge in [-0.25, -0.2) is 5.43 Å². The van der Waals surface area contributed by atoms with E-state index in [1.165, 1.54) is 0 Å². The van der Waals surface area contributed by atoms with E-state index in [-0.39, 0.29) is 5.91 Å². The van der Waals surface area contributed by atoms with Crippen molar-refractivity contribution in [3.8, 4) is 0 Å². The predicted octanol–water partition coefficient (Wildman–Crippen LogP) is 2.54. The first kappa shape index (κ1) is 13.6. The van der Waals surface area contributed by atoms with Crippen LogP contribution in [0.15, 0.2) is 47.6 Å². The maximum Gasteiger partial charge on any atom is 0.244 e. The number of hydrogen-bond donors (Lipinski definition) is 2. The monoisotopic (exact) mass is 299 g/mol. The molecule has 3 rings (SSSR count). The maximum atomic E-state index is 11.7. The van der Waals surface area contributed by atoms with Gasteiger partial charge in [-0.05, 0) is 23.3 Å². The minimum atomic E-state index is -0.104. The number of amides is 1. The molecule has 0 saturated carbocycles. The minimum Gasteiger partial charge on any atom is -0.398 e. The molecule has 0 radical (unpaired) electrons. The molecule has 1 aliphatic heterocycles. The predicted molar refractivity (Wildman–Crippen MR) is 84.4 cm³/mol. The molecular weight excluding hydrogens is 286 g/mol. The van der Waals surface area contributed by atoms with E-state index in [0.717, 1.165) is 22.4 Å². The molecule has 1 amide bonds. The van der Waals surface area contributed by atoms with Gasteiger partial charge in [0.05, 0.1) is 22.8 Å². The number of nitrogens with zero attached hydrogens (tertiary/aromatic N) is 1. The molecule has 0 aliphatic carbocycles. The highest BCUT2D eigenvalue weighted by molar-refractivity contribution is 6.33. The fourth-order valence-corrected chi connectivity index (χ4v) is 2.51. The topological polar surface area (TPSA) is 67.5 Å². The van der Waals surface area contributed by atoms with Crippen LogP contribution in [-0.4, -0.2) is 11.6 Å². The van der Waals surface area contributed by atoms with Gasteiger partial charge >= 0.3 is 0 Å². The maximum absolute atomic E-state index is 11.7. The van der Waals surface area contributed by atoms with Gasteiger partial charge in [-0.2, -0.15) is 5.10 Å². The summed E-state index contributed by atoms with van der Waals surface area (Å²) in [6.07, 6.45) is 0.921. The summed E-state index contributed by atoms with van der Waals surface area (Å²) in [5.41, 5.74) is 12.7. The van der Waals surface area contributed by atoms with Crippen LogP contribution in [0, 0.1) is 0 Å². The number of benzene rings is 2. The van der Waals surface area contributed by atoms with Gasteiger partial charge < -0.3 is 5.73 Å². The molecule has 0 unspecified atom stereocenters. The molecule has 0 bridgehead atoms. The van der Waals surface area contributed by atoms with Crippen molar-refractivity contribution in [1.29, 1.82) is 0 Å². The highest BCUT2D eigenvalue weighted by Crippen LogP contribution is 2.22. The van der Waals surface area contributed by atoms with Gasteiger partial charge in [-0.1, -0.05) is 41.9 Å². The van der Waals surface area contributed by atoms with E-state index in [1.54, 1.807) is 6.07 Å². The second kappa shape index (κ2) is 5.58. The minimum absolute atomic E-state index is 0.104. The van der Waals surface area contributed by atoms with Crippen molar-refractivity contribution in [3.63, 3.8) is 0 Å². The fourth-order valence-electron chi connectivity index (χ4n) is 2.39. The number of fused-ring (bicyclic) bond motifs is 1. The van der Waals surface area contributed by atoms with Crippen LogP contribution in [0.2, 0.25) is 5.02 Å². The summed E-state index contributed by atoms with van der Waals surface area (Å²) in [4.78, 5) is 11.7. The van der Waals surface area contributed by atoms with E-state index in [9.17, 15) is 4.79 Å². The zero-order chi connectivity index (χ0) is 14.8. The largest absolute Gasteiger partial charge is 0.398 e. The van der Waals surface area contributed by atoms with Crippen molar-refractivity contribution in [2.45, 2.75) is 12.8 Å². The van der Waals surface area contributed by atoms with Crippen molar-refractivity contribution in [2.24, 2.45) is 5.10 Å². The molecule has 4 nitrogen and oxygen atoms in total. The molecule has 21 heavy (non-hydrogen) atoms. The van der Waals surface area contributed by atoms with Gasteiger partial charge in [-0.15, -0.1) is 0 Å². The van der Waals surface area contributed by atoms with Crippen LogP contribution >= 0.6 is 11.6 Å². The van der Waals surface area contributed by atoms with Crippen LogP contribution in [0.4, 0.5) is 5.69 Å². The number of rotatable bonds is 2. The van der Waals surface area contributed by atoms with Gasteiger partial charge in [0, 0.05) is 12.0 Å². The molecule has 0 aromatic heterocycles. The Labute approximate surface area is 127 Å². The van der Waals surface area contributed by atoms with Crippen molar-refractivity contribution >= 4 is 28.9 Å². The third-order valence-corrected chi connectivity index (χ3v) is 3.77. The molecule has 1 heterocycles. The molecule has 0 spiro atoms. The second-order valence-electron chi connectivity index (χ2n) is 4.96. The van der Waals surface area contributed by atoms with Gasteiger partial charge in [0.25, 0.3) is 0 Å². The lowest BCUT2D eigenvalue weighted by Gasteiger charge is -2.09. The fraction of sp³-hybridized carbons (Fsp3) is 0.125. The number of carbonyl (C=O) groups is 1. The van der Waals surface area contributed by atoms with E-state index in [0.29, 0.717) is 23.6 Å². The SMILES string of the molecule is Nc1cc(CC2=NNC(=O)Cc3ccccc32)ccc1Cl. The number of hydrazone groups is 1. The molecule has 2 aromatic rings. The first-order chi connectivity index (χ1) is 10.1. The van der Waals surface area contributed by atoms with Crippen molar-refractivity contribution in [2.75, 3.05) is 5.73 Å². The number of halogens is 1. The quantitative estimate of drug-likeness (QED) is 0.837. The van der Waals surface area contributed by atoms with Gasteiger partial charge in [-0.3, -0.25) is 4.79 Å². The standard InChI is InChI=1S/C16H14ClN3O/c17-13-6-5-10(7-14(13)18)8-15-12-4-2-1-3-11(12)9-16(21)20-19-15/h1-7H,8-9,18H2,(H,20,21). The molecule has 0 fully saturated rings. The molecule has 1 aliphatic rings. The highest BCUT2D eigenvalue weighted by atomic mass is 35.5. The van der Waals surface area contributed by atoms with Crippen LogP contribution in [0.25, 0.3) is 0 Å². The molecule has 0 saturated heterocycles. The number of carbonyl (C=O) groups excluding carboxylic acids is 1. The summed E-state index contributed by atoms with van der Waals surface area (Å²) < 4.78 is 0. The zero-order valence-electron chi connectivity index (χ0n) is 11.3. The molecule has 106 valence electrons. The van der Waals surface area contributed by atoms with Crippen molar-refractivity contribution < 1.29 is 4.79 Å². The summed E-state index contributed by atoms with van der Waals surface area (Å²) >= 11 is 5.94. The van der Waals surface area contributed by atoms with E-state index in [1.807, 2.05) is 36.4 Å². The van der Waals surface area contributed by atoms with E-state index < -0.39 is 0 Å². The van der Waals surface area contributed by atoms with Gasteiger partial charge in [0.2, 0.25) is 5.91 Å². The van der Waals surface area contributed by atoms with Crippen LogP contribution in [-0.2, 0) is 17.6 Å². The van der Waals surface area contributed by atoms with Gasteiger partial charge in [0.1, 0.15) is 0 Å². The van der Waals surface area contributed by atoms with E-state index >= 15 is 0 Å². The third kappa shape index (κ3) is 2.90. The second-order valence-corrected chi connectivity index (χ2v) is 5.37. The molecular formula is C16H14ClN3O. The lowest BCUT2D eigenvalue weighted by molar-refractivity contribution is -0.120. The Morgan fingerprint density at radius 3 is 2.86 bits per heavy atom. The molecule has 0 atom stereocenters. The summed E-state index contributed by atoms with van der Waals surface area (Å²) in [6.45, 7) is 0.